The molecule has 0 saturated carbocycles. The Bertz CT molecular complexity index is 688. The highest BCUT2D eigenvalue weighted by Gasteiger charge is 2.36. The van der Waals surface area contributed by atoms with E-state index in [2.05, 4.69) is 5.10 Å². The first-order valence-corrected chi connectivity index (χ1v) is 7.65. The molecule has 8 heteroatoms. The maximum Gasteiger partial charge on any atom is 0.328 e. The molecule has 0 aliphatic carbocycles. The minimum absolute atomic E-state index is 0.0459. The van der Waals surface area contributed by atoms with Crippen LogP contribution in [0.15, 0.2) is 35.4 Å². The van der Waals surface area contributed by atoms with E-state index < -0.39 is 17.9 Å². The molecule has 2 aliphatic rings. The minimum Gasteiger partial charge on any atom is -0.480 e. The molecule has 3 rings (SSSR count). The summed E-state index contributed by atoms with van der Waals surface area (Å²) in [6, 6.07) is 7.79. The number of rotatable bonds is 3. The van der Waals surface area contributed by atoms with E-state index in [9.17, 15) is 19.5 Å². The first-order chi connectivity index (χ1) is 11.6. The van der Waals surface area contributed by atoms with Gasteiger partial charge in [-0.25, -0.2) is 9.80 Å². The highest BCUT2D eigenvalue weighted by molar-refractivity contribution is 6.40. The molecule has 1 N–H and O–H groups in total. The Kier molecular flexibility index (Phi) is 4.57. The highest BCUT2D eigenvalue weighted by atomic mass is 16.5. The van der Waals surface area contributed by atoms with Gasteiger partial charge in [-0.05, 0) is 12.1 Å². The highest BCUT2D eigenvalue weighted by Crippen LogP contribution is 2.21. The molecule has 1 saturated heterocycles. The Morgan fingerprint density at radius 3 is 2.67 bits per heavy atom. The van der Waals surface area contributed by atoms with Crippen LogP contribution in [-0.2, 0) is 19.1 Å². The predicted octanol–water partition coefficient (Wildman–Crippen LogP) is 0.481. The second kappa shape index (κ2) is 6.79. The minimum atomic E-state index is -1.12. The Hall–Kier alpha value is -2.74. The first-order valence-electron chi connectivity index (χ1n) is 7.65. The normalized spacial score (nSPS) is 21.4. The monoisotopic (exact) mass is 331 g/mol. The Labute approximate surface area is 138 Å². The quantitative estimate of drug-likeness (QED) is 0.868. The molecule has 1 aromatic rings. The predicted molar refractivity (Wildman–Crippen MR) is 84.6 cm³/mol. The number of carboxylic acid groups (broad SMARTS) is 1. The van der Waals surface area contributed by atoms with Crippen LogP contribution in [0.25, 0.3) is 0 Å². The van der Waals surface area contributed by atoms with Crippen LogP contribution < -0.4 is 5.01 Å². The summed E-state index contributed by atoms with van der Waals surface area (Å²) in [6.45, 7) is 0.425. The third-order valence-corrected chi connectivity index (χ3v) is 3.95. The van der Waals surface area contributed by atoms with Crippen LogP contribution in [0, 0.1) is 0 Å². The van der Waals surface area contributed by atoms with Gasteiger partial charge in [0.1, 0.15) is 5.71 Å². The van der Waals surface area contributed by atoms with E-state index in [0.717, 1.165) is 0 Å². The number of morpholine rings is 1. The Balaban J connectivity index is 1.86. The molecule has 8 nitrogen and oxygen atoms in total. The number of para-hydroxylation sites is 1. The van der Waals surface area contributed by atoms with Crippen molar-refractivity contribution in [2.75, 3.05) is 24.8 Å². The van der Waals surface area contributed by atoms with Crippen LogP contribution >= 0.6 is 0 Å². The van der Waals surface area contributed by atoms with E-state index in [1.807, 2.05) is 6.07 Å². The first kappa shape index (κ1) is 16.1. The number of ether oxygens (including phenoxy) is 1. The van der Waals surface area contributed by atoms with Crippen molar-refractivity contribution in [3.05, 3.63) is 30.3 Å². The largest absolute Gasteiger partial charge is 0.480 e. The average Bonchev–Trinajstić information content (AvgIpc) is 2.62. The molecule has 1 unspecified atom stereocenters. The summed E-state index contributed by atoms with van der Waals surface area (Å²) >= 11 is 0. The lowest BCUT2D eigenvalue weighted by Crippen LogP contribution is -2.55. The van der Waals surface area contributed by atoms with Crippen LogP contribution in [-0.4, -0.2) is 59.3 Å². The molecule has 24 heavy (non-hydrogen) atoms. The van der Waals surface area contributed by atoms with Gasteiger partial charge in [0.05, 0.1) is 18.9 Å². The molecule has 0 aromatic heterocycles. The topological polar surface area (TPSA) is 99.5 Å². The lowest BCUT2D eigenvalue weighted by atomic mass is 10.1. The van der Waals surface area contributed by atoms with Gasteiger partial charge in [0, 0.05) is 19.4 Å². The van der Waals surface area contributed by atoms with Crippen LogP contribution in [0.3, 0.4) is 0 Å². The van der Waals surface area contributed by atoms with Crippen molar-refractivity contribution in [1.82, 2.24) is 4.90 Å². The van der Waals surface area contributed by atoms with Crippen molar-refractivity contribution in [2.45, 2.75) is 18.9 Å². The number of carboxylic acids is 1. The van der Waals surface area contributed by atoms with E-state index in [1.165, 1.54) is 9.91 Å². The number of anilines is 1. The summed E-state index contributed by atoms with van der Waals surface area (Å²) in [4.78, 5) is 37.3. The second-order valence-corrected chi connectivity index (χ2v) is 5.52. The van der Waals surface area contributed by atoms with E-state index in [4.69, 9.17) is 4.74 Å². The Morgan fingerprint density at radius 1 is 1.21 bits per heavy atom. The molecule has 126 valence electrons. The van der Waals surface area contributed by atoms with Gasteiger partial charge in [-0.15, -0.1) is 0 Å². The van der Waals surface area contributed by atoms with Crippen LogP contribution in [0.4, 0.5) is 5.69 Å². The lowest BCUT2D eigenvalue weighted by Gasteiger charge is -2.34. The molecule has 0 bridgehead atoms. The molecular weight excluding hydrogens is 314 g/mol. The average molecular weight is 331 g/mol. The van der Waals surface area contributed by atoms with Crippen molar-refractivity contribution >= 4 is 29.2 Å². The van der Waals surface area contributed by atoms with Crippen molar-refractivity contribution in [3.63, 3.8) is 0 Å². The summed E-state index contributed by atoms with van der Waals surface area (Å²) < 4.78 is 5.14. The standard InChI is InChI=1S/C16H17N3O5/c20-14-7-6-12(17-19(14)11-4-2-1-3-5-11)15(21)18-8-9-24-10-13(18)16(22)23/h1-5,13H,6-10H2,(H,22,23). The summed E-state index contributed by atoms with van der Waals surface area (Å²) in [5.74, 6) is -1.77. The number of hydrogen-bond acceptors (Lipinski definition) is 5. The van der Waals surface area contributed by atoms with Gasteiger partial charge in [-0.3, -0.25) is 9.59 Å². The van der Waals surface area contributed by atoms with Crippen LogP contribution in [0.1, 0.15) is 12.8 Å². The van der Waals surface area contributed by atoms with Crippen molar-refractivity contribution in [3.8, 4) is 0 Å². The molecule has 1 atom stereocenters. The molecule has 2 heterocycles. The number of aliphatic carboxylic acids is 1. The molecule has 0 spiro atoms. The third kappa shape index (κ3) is 3.13. The number of nitrogens with zero attached hydrogens (tertiary/aromatic N) is 3. The van der Waals surface area contributed by atoms with E-state index in [1.54, 1.807) is 24.3 Å². The lowest BCUT2D eigenvalue weighted by molar-refractivity contribution is -0.155. The van der Waals surface area contributed by atoms with Gasteiger partial charge < -0.3 is 14.7 Å². The van der Waals surface area contributed by atoms with E-state index in [0.29, 0.717) is 5.69 Å². The number of benzene rings is 1. The summed E-state index contributed by atoms with van der Waals surface area (Å²) in [6.07, 6.45) is 0.353. The summed E-state index contributed by atoms with van der Waals surface area (Å²) in [5, 5.41) is 14.6. The molecular formula is C16H17N3O5. The number of carbonyl (C=O) groups excluding carboxylic acids is 2. The maximum atomic E-state index is 12.7. The van der Waals surface area contributed by atoms with Crippen LogP contribution in [0.5, 0.6) is 0 Å². The SMILES string of the molecule is O=C(O)C1COCCN1C(=O)C1=NN(c2ccccc2)C(=O)CC1. The molecule has 0 radical (unpaired) electrons. The number of carbonyl (C=O) groups is 3. The van der Waals surface area contributed by atoms with Gasteiger partial charge in [0.25, 0.3) is 5.91 Å². The van der Waals surface area contributed by atoms with Gasteiger partial charge in [-0.1, -0.05) is 18.2 Å². The second-order valence-electron chi connectivity index (χ2n) is 5.52. The maximum absolute atomic E-state index is 12.7. The van der Waals surface area contributed by atoms with Gasteiger partial charge >= 0.3 is 5.97 Å². The Morgan fingerprint density at radius 2 is 1.96 bits per heavy atom. The van der Waals surface area contributed by atoms with Gasteiger partial charge in [0.15, 0.2) is 6.04 Å². The number of hydrazone groups is 1. The third-order valence-electron chi connectivity index (χ3n) is 3.95. The van der Waals surface area contributed by atoms with Gasteiger partial charge in [0.2, 0.25) is 5.91 Å². The smallest absolute Gasteiger partial charge is 0.328 e. The zero-order valence-electron chi connectivity index (χ0n) is 12.9. The van der Waals surface area contributed by atoms with Crippen molar-refractivity contribution in [2.24, 2.45) is 5.10 Å². The summed E-state index contributed by atoms with van der Waals surface area (Å²) in [5.41, 5.74) is 0.760. The summed E-state index contributed by atoms with van der Waals surface area (Å²) in [7, 11) is 0. The van der Waals surface area contributed by atoms with Gasteiger partial charge in [-0.2, -0.15) is 5.10 Å². The molecule has 2 aliphatic heterocycles. The van der Waals surface area contributed by atoms with Crippen molar-refractivity contribution < 1.29 is 24.2 Å². The van der Waals surface area contributed by atoms with E-state index in [-0.39, 0.29) is 44.2 Å². The van der Waals surface area contributed by atoms with Crippen molar-refractivity contribution in [1.29, 1.82) is 0 Å². The molecule has 2 amide bonds. The van der Waals surface area contributed by atoms with E-state index >= 15 is 0 Å². The fourth-order valence-electron chi connectivity index (χ4n) is 2.70. The fourth-order valence-corrected chi connectivity index (χ4v) is 2.70. The zero-order valence-corrected chi connectivity index (χ0v) is 12.9. The molecule has 1 aromatic carbocycles. The number of hydrogen-bond donors (Lipinski definition) is 1. The molecule has 1 fully saturated rings. The number of amides is 2. The van der Waals surface area contributed by atoms with Crippen LogP contribution in [0.2, 0.25) is 0 Å². The fraction of sp³-hybridized carbons (Fsp3) is 0.375. The zero-order chi connectivity index (χ0) is 17.1.